The molecule has 2 heteroatoms. The quantitative estimate of drug-likeness (QED) is 0.0477. The minimum absolute atomic E-state index is 0.0640. The number of esters is 1. The van der Waals surface area contributed by atoms with E-state index in [0.717, 1.165) is 54.8 Å². The van der Waals surface area contributed by atoms with E-state index < -0.39 is 0 Å². The van der Waals surface area contributed by atoms with Gasteiger partial charge in [0.25, 0.3) is 0 Å². The van der Waals surface area contributed by atoms with E-state index in [1.54, 1.807) is 5.57 Å². The lowest BCUT2D eigenvalue weighted by molar-refractivity contribution is -0.151. The summed E-state index contributed by atoms with van der Waals surface area (Å²) in [6, 6.07) is 0. The maximum Gasteiger partial charge on any atom is 0.306 e. The summed E-state index contributed by atoms with van der Waals surface area (Å²) < 4.78 is 6.15. The zero-order valence-corrected chi connectivity index (χ0v) is 36.5. The van der Waals surface area contributed by atoms with Crippen LogP contribution < -0.4 is 0 Å². The lowest BCUT2D eigenvalue weighted by atomic mass is 9.47. The first kappa shape index (κ1) is 44.7. The van der Waals surface area contributed by atoms with Crippen molar-refractivity contribution in [1.29, 1.82) is 0 Å². The van der Waals surface area contributed by atoms with Crippen molar-refractivity contribution >= 4 is 5.97 Å². The number of ether oxygens (including phenoxy) is 1. The summed E-state index contributed by atoms with van der Waals surface area (Å²) in [6.45, 7) is 15.0. The molecular weight excluding hydrogens is 645 g/mol. The van der Waals surface area contributed by atoms with Crippen molar-refractivity contribution in [1.82, 2.24) is 0 Å². The lowest BCUT2D eigenvalue weighted by Crippen LogP contribution is -2.51. The third kappa shape index (κ3) is 13.8. The van der Waals surface area contributed by atoms with Gasteiger partial charge in [-0.15, -0.1) is 0 Å². The normalized spacial score (nSPS) is 30.2. The molecule has 0 unspecified atom stereocenters. The monoisotopic (exact) mass is 735 g/mol. The molecule has 0 heterocycles. The Bertz CT molecular complexity index is 1070. The molecule has 0 radical (unpaired) electrons. The molecular formula is C51H90O2. The highest BCUT2D eigenvalue weighted by Gasteiger charge is 2.59. The van der Waals surface area contributed by atoms with Crippen LogP contribution in [0.1, 0.15) is 241 Å². The van der Waals surface area contributed by atoms with Gasteiger partial charge >= 0.3 is 5.97 Å². The maximum atomic E-state index is 12.9. The molecule has 3 saturated carbocycles. The van der Waals surface area contributed by atoms with Gasteiger partial charge in [0.05, 0.1) is 0 Å². The zero-order valence-electron chi connectivity index (χ0n) is 36.5. The van der Waals surface area contributed by atoms with Gasteiger partial charge in [0.2, 0.25) is 0 Å². The molecule has 53 heavy (non-hydrogen) atoms. The Morgan fingerprint density at radius 1 is 0.717 bits per heavy atom. The Kier molecular flexibility index (Phi) is 20.1. The van der Waals surface area contributed by atoms with Gasteiger partial charge in [-0.3, -0.25) is 4.79 Å². The smallest absolute Gasteiger partial charge is 0.306 e. The van der Waals surface area contributed by atoms with Crippen molar-refractivity contribution in [2.24, 2.45) is 46.3 Å². The van der Waals surface area contributed by atoms with Gasteiger partial charge in [-0.25, -0.2) is 0 Å². The second-order valence-corrected chi connectivity index (χ2v) is 20.1. The molecule has 0 spiro atoms. The van der Waals surface area contributed by atoms with Crippen molar-refractivity contribution in [3.8, 4) is 0 Å². The average molecular weight is 735 g/mol. The van der Waals surface area contributed by atoms with E-state index in [-0.39, 0.29) is 12.1 Å². The predicted molar refractivity (Wildman–Crippen MR) is 230 cm³/mol. The Morgan fingerprint density at radius 3 is 1.94 bits per heavy atom. The largest absolute Gasteiger partial charge is 0.462 e. The van der Waals surface area contributed by atoms with Crippen LogP contribution in [0.15, 0.2) is 23.8 Å². The fourth-order valence-electron chi connectivity index (χ4n) is 12.4. The molecule has 3 fully saturated rings. The number of fused-ring (bicyclic) bond motifs is 5. The van der Waals surface area contributed by atoms with Crippen molar-refractivity contribution in [3.63, 3.8) is 0 Å². The number of hydrogen-bond donors (Lipinski definition) is 0. The molecule has 2 nitrogen and oxygen atoms in total. The minimum atomic E-state index is 0.0640. The number of hydrogen-bond acceptors (Lipinski definition) is 2. The molecule has 0 amide bonds. The summed E-state index contributed by atoms with van der Waals surface area (Å²) in [5.74, 6) is 5.33. The summed E-state index contributed by atoms with van der Waals surface area (Å²) >= 11 is 0. The summed E-state index contributed by atoms with van der Waals surface area (Å²) in [6.07, 6.45) is 48.3. The maximum absolute atomic E-state index is 12.9. The molecule has 4 rings (SSSR count). The standard InChI is InChI=1S/C51H90O2/c1-7-8-9-10-11-12-13-14-15-16-17-18-19-20-21-22-23-24-25-26-27-31-49(52)53-44-36-38-50(5)43(40-44)32-33-45-47-35-34-46(42(4)30-28-29-41(2)3)51(47,6)39-37-48(45)50/h14-15,32,41-42,44-48H,7-13,16-31,33-40H2,1-6H3/b15-14+/t42-,44+,45-,46+,47-,48-,50+,51+/m1/s1. The first-order valence-corrected chi connectivity index (χ1v) is 24.2. The van der Waals surface area contributed by atoms with Gasteiger partial charge in [0, 0.05) is 12.8 Å². The second kappa shape index (κ2) is 23.9. The topological polar surface area (TPSA) is 26.3 Å². The molecule has 0 aliphatic heterocycles. The van der Waals surface area contributed by atoms with Crippen LogP contribution in [-0.4, -0.2) is 12.1 Å². The van der Waals surface area contributed by atoms with Crippen LogP contribution in [0.5, 0.6) is 0 Å². The first-order chi connectivity index (χ1) is 25.7. The number of unbranched alkanes of at least 4 members (excludes halogenated alkanes) is 17. The van der Waals surface area contributed by atoms with Crippen LogP contribution >= 0.6 is 0 Å². The highest BCUT2D eigenvalue weighted by molar-refractivity contribution is 5.69. The lowest BCUT2D eigenvalue weighted by Gasteiger charge is -2.58. The van der Waals surface area contributed by atoms with E-state index in [1.807, 2.05) is 0 Å². The highest BCUT2D eigenvalue weighted by atomic mass is 16.5. The van der Waals surface area contributed by atoms with Gasteiger partial charge in [0.1, 0.15) is 6.10 Å². The van der Waals surface area contributed by atoms with Gasteiger partial charge < -0.3 is 4.74 Å². The molecule has 4 aliphatic rings. The molecule has 0 aromatic rings. The molecule has 4 aliphatic carbocycles. The van der Waals surface area contributed by atoms with Crippen LogP contribution in [-0.2, 0) is 9.53 Å². The van der Waals surface area contributed by atoms with E-state index in [4.69, 9.17) is 4.74 Å². The number of rotatable bonds is 27. The Hall–Kier alpha value is -1.05. The Labute approximate surface area is 331 Å². The predicted octanol–water partition coefficient (Wildman–Crippen LogP) is 16.3. The Morgan fingerprint density at radius 2 is 1.32 bits per heavy atom. The summed E-state index contributed by atoms with van der Waals surface area (Å²) in [5, 5.41) is 0. The van der Waals surface area contributed by atoms with Crippen LogP contribution in [0, 0.1) is 46.3 Å². The van der Waals surface area contributed by atoms with Crippen molar-refractivity contribution in [3.05, 3.63) is 23.8 Å². The van der Waals surface area contributed by atoms with Crippen LogP contribution in [0.25, 0.3) is 0 Å². The first-order valence-electron chi connectivity index (χ1n) is 24.2. The van der Waals surface area contributed by atoms with Crippen LogP contribution in [0.2, 0.25) is 0 Å². The SMILES string of the molecule is CCCCCCCC/C=C/CCCCCCCCCCCCCC(=O)O[C@H]1CC[C@@]2(C)C(=CC[C@@H]3[C@H]4CC[C@@H]([C@H](C)CCCC(C)C)[C@]4(C)CC[C@H]32)C1. The minimum Gasteiger partial charge on any atom is -0.462 e. The van der Waals surface area contributed by atoms with E-state index in [2.05, 4.69) is 59.8 Å². The van der Waals surface area contributed by atoms with Gasteiger partial charge in [-0.05, 0) is 123 Å². The molecule has 0 bridgehead atoms. The summed E-state index contributed by atoms with van der Waals surface area (Å²) in [4.78, 5) is 12.9. The number of carbonyl (C=O) groups is 1. The van der Waals surface area contributed by atoms with E-state index in [9.17, 15) is 4.79 Å². The highest BCUT2D eigenvalue weighted by Crippen LogP contribution is 2.67. The molecule has 0 aromatic heterocycles. The Balaban J connectivity index is 1.01. The zero-order chi connectivity index (χ0) is 37.9. The molecule has 306 valence electrons. The van der Waals surface area contributed by atoms with Crippen LogP contribution in [0.3, 0.4) is 0 Å². The number of allylic oxidation sites excluding steroid dienone is 3. The third-order valence-electron chi connectivity index (χ3n) is 15.7. The fourth-order valence-corrected chi connectivity index (χ4v) is 12.4. The van der Waals surface area contributed by atoms with E-state index >= 15 is 0 Å². The fraction of sp³-hybridized carbons (Fsp3) is 0.902. The molecule has 0 saturated heterocycles. The van der Waals surface area contributed by atoms with E-state index in [1.165, 1.54) is 173 Å². The van der Waals surface area contributed by atoms with E-state index in [0.29, 0.717) is 17.3 Å². The second-order valence-electron chi connectivity index (χ2n) is 20.1. The molecule has 0 aromatic carbocycles. The van der Waals surface area contributed by atoms with Crippen molar-refractivity contribution in [2.75, 3.05) is 0 Å². The van der Waals surface area contributed by atoms with Gasteiger partial charge in [-0.1, -0.05) is 174 Å². The van der Waals surface area contributed by atoms with Gasteiger partial charge in [0.15, 0.2) is 0 Å². The van der Waals surface area contributed by atoms with Crippen LogP contribution in [0.4, 0.5) is 0 Å². The number of carbonyl (C=O) groups excluding carboxylic acids is 1. The summed E-state index contributed by atoms with van der Waals surface area (Å²) in [7, 11) is 0. The summed E-state index contributed by atoms with van der Waals surface area (Å²) in [5.41, 5.74) is 2.53. The third-order valence-corrected chi connectivity index (χ3v) is 15.7. The van der Waals surface area contributed by atoms with Crippen molar-refractivity contribution < 1.29 is 9.53 Å². The molecule has 0 N–H and O–H groups in total. The molecule has 8 atom stereocenters. The van der Waals surface area contributed by atoms with Gasteiger partial charge in [-0.2, -0.15) is 0 Å². The average Bonchev–Trinajstić information content (AvgIpc) is 3.49. The van der Waals surface area contributed by atoms with Crippen molar-refractivity contribution in [2.45, 2.75) is 247 Å².